The average molecular weight is 389 g/mol. The SMILES string of the molecule is COc1ccc([N+](=O)[O-])cc1OCC(=O)N1CCN(c2ccc(F)cc2)CC1. The number of hydrogen-bond acceptors (Lipinski definition) is 6. The highest BCUT2D eigenvalue weighted by molar-refractivity contribution is 5.78. The number of anilines is 1. The Bertz CT molecular complexity index is 851. The summed E-state index contributed by atoms with van der Waals surface area (Å²) in [5.41, 5.74) is 0.766. The fourth-order valence-electron chi connectivity index (χ4n) is 2.99. The molecule has 1 heterocycles. The van der Waals surface area contributed by atoms with Gasteiger partial charge in [0.15, 0.2) is 18.1 Å². The zero-order valence-electron chi connectivity index (χ0n) is 15.3. The number of benzene rings is 2. The number of methoxy groups -OCH3 is 1. The van der Waals surface area contributed by atoms with Gasteiger partial charge in [-0.3, -0.25) is 14.9 Å². The minimum absolute atomic E-state index is 0.142. The van der Waals surface area contributed by atoms with Crippen LogP contribution in [0.5, 0.6) is 11.5 Å². The van der Waals surface area contributed by atoms with Gasteiger partial charge in [0.05, 0.1) is 18.1 Å². The van der Waals surface area contributed by atoms with Crippen molar-refractivity contribution in [1.29, 1.82) is 0 Å². The van der Waals surface area contributed by atoms with Crippen molar-refractivity contribution in [1.82, 2.24) is 4.90 Å². The van der Waals surface area contributed by atoms with Crippen molar-refractivity contribution in [2.24, 2.45) is 0 Å². The van der Waals surface area contributed by atoms with E-state index in [1.807, 2.05) is 0 Å². The molecule has 0 aromatic heterocycles. The highest BCUT2D eigenvalue weighted by atomic mass is 19.1. The summed E-state index contributed by atoms with van der Waals surface area (Å²) in [5, 5.41) is 10.9. The molecule has 2 aromatic carbocycles. The van der Waals surface area contributed by atoms with Crippen LogP contribution in [0.3, 0.4) is 0 Å². The van der Waals surface area contributed by atoms with Gasteiger partial charge in [0.25, 0.3) is 11.6 Å². The number of carbonyl (C=O) groups is 1. The maximum atomic E-state index is 13.0. The van der Waals surface area contributed by atoms with Crippen LogP contribution in [0.4, 0.5) is 15.8 Å². The number of amides is 1. The van der Waals surface area contributed by atoms with E-state index >= 15 is 0 Å². The molecule has 0 aliphatic carbocycles. The minimum atomic E-state index is -0.539. The summed E-state index contributed by atoms with van der Waals surface area (Å²) in [4.78, 5) is 26.6. The number of halogens is 1. The molecule has 9 heteroatoms. The van der Waals surface area contributed by atoms with Crippen LogP contribution in [0.15, 0.2) is 42.5 Å². The number of rotatable bonds is 6. The van der Waals surface area contributed by atoms with Crippen molar-refractivity contribution < 1.29 is 23.6 Å². The van der Waals surface area contributed by atoms with E-state index in [0.29, 0.717) is 31.9 Å². The molecule has 0 unspecified atom stereocenters. The predicted octanol–water partition coefficient (Wildman–Crippen LogP) is 2.47. The summed E-state index contributed by atoms with van der Waals surface area (Å²) in [6.45, 7) is 2.01. The first-order valence-corrected chi connectivity index (χ1v) is 8.71. The molecule has 1 saturated heterocycles. The van der Waals surface area contributed by atoms with Crippen LogP contribution >= 0.6 is 0 Å². The molecular formula is C19H20FN3O5. The Morgan fingerprint density at radius 2 is 1.79 bits per heavy atom. The van der Waals surface area contributed by atoms with E-state index in [-0.39, 0.29) is 29.8 Å². The minimum Gasteiger partial charge on any atom is -0.493 e. The number of piperazine rings is 1. The Kier molecular flexibility index (Phi) is 5.93. The Morgan fingerprint density at radius 3 is 2.39 bits per heavy atom. The highest BCUT2D eigenvalue weighted by Crippen LogP contribution is 2.31. The third-order valence-electron chi connectivity index (χ3n) is 4.53. The van der Waals surface area contributed by atoms with E-state index in [4.69, 9.17) is 9.47 Å². The molecule has 1 amide bonds. The van der Waals surface area contributed by atoms with Crippen LogP contribution in [-0.4, -0.2) is 55.6 Å². The first kappa shape index (κ1) is 19.4. The number of nitro groups is 1. The van der Waals surface area contributed by atoms with E-state index in [2.05, 4.69) is 4.90 Å². The summed E-state index contributed by atoms with van der Waals surface area (Å²) in [7, 11) is 1.42. The summed E-state index contributed by atoms with van der Waals surface area (Å²) in [6, 6.07) is 10.2. The molecule has 0 saturated carbocycles. The first-order valence-electron chi connectivity index (χ1n) is 8.71. The van der Waals surface area contributed by atoms with Gasteiger partial charge in [-0.15, -0.1) is 0 Å². The second-order valence-electron chi connectivity index (χ2n) is 6.23. The quantitative estimate of drug-likeness (QED) is 0.557. The largest absolute Gasteiger partial charge is 0.493 e. The van der Waals surface area contributed by atoms with Crippen molar-refractivity contribution in [2.45, 2.75) is 0 Å². The molecule has 1 aliphatic heterocycles. The molecule has 0 bridgehead atoms. The predicted molar refractivity (Wildman–Crippen MR) is 100 cm³/mol. The van der Waals surface area contributed by atoms with Crippen molar-refractivity contribution in [3.63, 3.8) is 0 Å². The Hall–Kier alpha value is -3.36. The monoisotopic (exact) mass is 389 g/mol. The van der Waals surface area contributed by atoms with Gasteiger partial charge in [-0.2, -0.15) is 0 Å². The van der Waals surface area contributed by atoms with Gasteiger partial charge < -0.3 is 19.3 Å². The third-order valence-corrected chi connectivity index (χ3v) is 4.53. The van der Waals surface area contributed by atoms with Crippen molar-refractivity contribution in [2.75, 3.05) is 44.8 Å². The molecule has 8 nitrogen and oxygen atoms in total. The topological polar surface area (TPSA) is 85.2 Å². The molecule has 0 spiro atoms. The fraction of sp³-hybridized carbons (Fsp3) is 0.316. The summed E-state index contributed by atoms with van der Waals surface area (Å²) in [5.74, 6) is -0.0341. The smallest absolute Gasteiger partial charge is 0.273 e. The lowest BCUT2D eigenvalue weighted by Crippen LogP contribution is -2.50. The third kappa shape index (κ3) is 4.48. The first-order chi connectivity index (χ1) is 13.5. The van der Waals surface area contributed by atoms with Crippen molar-refractivity contribution >= 4 is 17.3 Å². The Labute approximate surface area is 161 Å². The molecule has 3 rings (SSSR count). The van der Waals surface area contributed by atoms with Crippen LogP contribution in [0.25, 0.3) is 0 Å². The van der Waals surface area contributed by atoms with Crippen LogP contribution in [-0.2, 0) is 4.79 Å². The van der Waals surface area contributed by atoms with Crippen LogP contribution in [0.1, 0.15) is 0 Å². The normalized spacial score (nSPS) is 13.9. The lowest BCUT2D eigenvalue weighted by atomic mass is 10.2. The number of nitro benzene ring substituents is 1. The van der Waals surface area contributed by atoms with Gasteiger partial charge in [-0.1, -0.05) is 0 Å². The summed E-state index contributed by atoms with van der Waals surface area (Å²) in [6.07, 6.45) is 0. The molecule has 28 heavy (non-hydrogen) atoms. The van der Waals surface area contributed by atoms with E-state index < -0.39 is 4.92 Å². The van der Waals surface area contributed by atoms with Crippen LogP contribution in [0, 0.1) is 15.9 Å². The van der Waals surface area contributed by atoms with Crippen LogP contribution < -0.4 is 14.4 Å². The van der Waals surface area contributed by atoms with E-state index in [1.54, 1.807) is 17.0 Å². The molecule has 2 aromatic rings. The molecular weight excluding hydrogens is 369 g/mol. The molecule has 1 fully saturated rings. The average Bonchev–Trinajstić information content (AvgIpc) is 2.72. The number of hydrogen-bond donors (Lipinski definition) is 0. The molecule has 0 radical (unpaired) electrons. The van der Waals surface area contributed by atoms with Gasteiger partial charge in [0, 0.05) is 37.9 Å². The van der Waals surface area contributed by atoms with Crippen LogP contribution in [0.2, 0.25) is 0 Å². The fourth-order valence-corrected chi connectivity index (χ4v) is 2.99. The summed E-state index contributed by atoms with van der Waals surface area (Å²) >= 11 is 0. The lowest BCUT2D eigenvalue weighted by Gasteiger charge is -2.36. The highest BCUT2D eigenvalue weighted by Gasteiger charge is 2.22. The number of carbonyl (C=O) groups excluding carboxylic acids is 1. The van der Waals surface area contributed by atoms with E-state index in [9.17, 15) is 19.3 Å². The number of nitrogens with zero attached hydrogens (tertiary/aromatic N) is 3. The standard InChI is InChI=1S/C19H20FN3O5/c1-27-17-7-6-16(23(25)26)12-18(17)28-13-19(24)22-10-8-21(9-11-22)15-4-2-14(20)3-5-15/h2-7,12H,8-11,13H2,1H3. The van der Waals surface area contributed by atoms with Gasteiger partial charge in [0.1, 0.15) is 5.82 Å². The Balaban J connectivity index is 1.55. The molecule has 1 aliphatic rings. The zero-order valence-corrected chi connectivity index (χ0v) is 15.3. The van der Waals surface area contributed by atoms with Gasteiger partial charge in [-0.05, 0) is 30.3 Å². The zero-order chi connectivity index (χ0) is 20.1. The second-order valence-corrected chi connectivity index (χ2v) is 6.23. The molecule has 148 valence electrons. The number of ether oxygens (including phenoxy) is 2. The molecule has 0 atom stereocenters. The van der Waals surface area contributed by atoms with Crippen molar-refractivity contribution in [3.05, 3.63) is 58.4 Å². The van der Waals surface area contributed by atoms with Gasteiger partial charge in [0.2, 0.25) is 0 Å². The van der Waals surface area contributed by atoms with E-state index in [1.165, 1.54) is 37.4 Å². The lowest BCUT2D eigenvalue weighted by molar-refractivity contribution is -0.385. The van der Waals surface area contributed by atoms with Gasteiger partial charge in [-0.25, -0.2) is 4.39 Å². The maximum absolute atomic E-state index is 13.0. The Morgan fingerprint density at radius 1 is 1.11 bits per heavy atom. The second kappa shape index (κ2) is 8.55. The number of non-ortho nitro benzene ring substituents is 1. The van der Waals surface area contributed by atoms with E-state index in [0.717, 1.165) is 5.69 Å². The van der Waals surface area contributed by atoms with Gasteiger partial charge >= 0.3 is 0 Å². The van der Waals surface area contributed by atoms with Crippen molar-refractivity contribution in [3.8, 4) is 11.5 Å². The summed E-state index contributed by atoms with van der Waals surface area (Å²) < 4.78 is 23.6. The molecule has 0 N–H and O–H groups in total. The maximum Gasteiger partial charge on any atom is 0.273 e.